The smallest absolute Gasteiger partial charge is 0.124 e. The lowest BCUT2D eigenvalue weighted by Crippen LogP contribution is -2.03. The van der Waals surface area contributed by atoms with Crippen molar-refractivity contribution in [3.8, 4) is 5.75 Å². The van der Waals surface area contributed by atoms with Crippen molar-refractivity contribution in [3.63, 3.8) is 0 Å². The molecule has 2 rings (SSSR count). The van der Waals surface area contributed by atoms with Crippen LogP contribution in [0.1, 0.15) is 18.1 Å². The summed E-state index contributed by atoms with van der Waals surface area (Å²) in [6.45, 7) is 3.63. The number of rotatable bonds is 8. The summed E-state index contributed by atoms with van der Waals surface area (Å²) in [6.07, 6.45) is 3.66. The highest BCUT2D eigenvalue weighted by Crippen LogP contribution is 2.23. The number of ether oxygens (including phenoxy) is 1. The van der Waals surface area contributed by atoms with Gasteiger partial charge in [0.1, 0.15) is 5.75 Å². The molecular weight excluding hydrogens is 270 g/mol. The minimum atomic E-state index is -0.0563. The fourth-order valence-electron chi connectivity index (χ4n) is 2.04. The van der Waals surface area contributed by atoms with Crippen LogP contribution in [0.15, 0.2) is 30.6 Å². The monoisotopic (exact) mass is 291 g/mol. The molecule has 0 amide bonds. The second-order valence-corrected chi connectivity index (χ2v) is 4.60. The first kappa shape index (κ1) is 15.3. The standard InChI is InChI=1S/C15H21N3O3/c1-2-21-15-4-3-14(7-13(15)11-20)16-8-12-9-17-18(10-12)5-6-19/h3-4,7,9-10,16,19-20H,2,5-6,8,11H2,1H3. The molecule has 1 aromatic heterocycles. The molecule has 6 nitrogen and oxygen atoms in total. The molecule has 3 N–H and O–H groups in total. The fraction of sp³-hybridized carbons (Fsp3) is 0.400. The summed E-state index contributed by atoms with van der Waals surface area (Å²) in [4.78, 5) is 0. The van der Waals surface area contributed by atoms with Crippen molar-refractivity contribution >= 4 is 5.69 Å². The van der Waals surface area contributed by atoms with Gasteiger partial charge in [-0.2, -0.15) is 5.10 Å². The highest BCUT2D eigenvalue weighted by atomic mass is 16.5. The molecule has 114 valence electrons. The van der Waals surface area contributed by atoms with Crippen molar-refractivity contribution in [2.24, 2.45) is 0 Å². The van der Waals surface area contributed by atoms with Crippen molar-refractivity contribution < 1.29 is 14.9 Å². The Morgan fingerprint density at radius 1 is 1.33 bits per heavy atom. The van der Waals surface area contributed by atoms with E-state index in [-0.39, 0.29) is 13.2 Å². The summed E-state index contributed by atoms with van der Waals surface area (Å²) in [5.74, 6) is 0.710. The second-order valence-electron chi connectivity index (χ2n) is 4.60. The zero-order valence-corrected chi connectivity index (χ0v) is 12.1. The lowest BCUT2D eigenvalue weighted by atomic mass is 10.2. The zero-order valence-electron chi connectivity index (χ0n) is 12.1. The van der Waals surface area contributed by atoms with Crippen LogP contribution in [0.4, 0.5) is 5.69 Å². The number of nitrogens with one attached hydrogen (secondary N) is 1. The summed E-state index contributed by atoms with van der Waals surface area (Å²) in [5, 5.41) is 25.6. The maximum absolute atomic E-state index is 9.37. The first-order valence-corrected chi connectivity index (χ1v) is 6.99. The Hall–Kier alpha value is -2.05. The van der Waals surface area contributed by atoms with E-state index in [4.69, 9.17) is 9.84 Å². The van der Waals surface area contributed by atoms with Gasteiger partial charge in [0.2, 0.25) is 0 Å². The largest absolute Gasteiger partial charge is 0.494 e. The van der Waals surface area contributed by atoms with E-state index in [1.165, 1.54) is 0 Å². The predicted molar refractivity (Wildman–Crippen MR) is 80.2 cm³/mol. The molecule has 0 radical (unpaired) electrons. The van der Waals surface area contributed by atoms with Crippen LogP contribution in [0.25, 0.3) is 0 Å². The van der Waals surface area contributed by atoms with Gasteiger partial charge in [-0.25, -0.2) is 0 Å². The van der Waals surface area contributed by atoms with E-state index in [1.54, 1.807) is 10.9 Å². The highest BCUT2D eigenvalue weighted by Gasteiger charge is 2.05. The number of benzene rings is 1. The molecule has 1 heterocycles. The number of aliphatic hydroxyl groups excluding tert-OH is 2. The maximum atomic E-state index is 9.37. The quantitative estimate of drug-likeness (QED) is 0.685. The first-order valence-electron chi connectivity index (χ1n) is 6.99. The van der Waals surface area contributed by atoms with E-state index in [0.29, 0.717) is 25.4 Å². The van der Waals surface area contributed by atoms with Crippen LogP contribution in [0.2, 0.25) is 0 Å². The third-order valence-electron chi connectivity index (χ3n) is 3.04. The van der Waals surface area contributed by atoms with E-state index >= 15 is 0 Å². The average Bonchev–Trinajstić information content (AvgIpc) is 2.94. The van der Waals surface area contributed by atoms with Crippen LogP contribution in [0, 0.1) is 0 Å². The molecule has 0 fully saturated rings. The highest BCUT2D eigenvalue weighted by molar-refractivity contribution is 5.51. The maximum Gasteiger partial charge on any atom is 0.124 e. The van der Waals surface area contributed by atoms with Gasteiger partial charge in [0.05, 0.1) is 32.6 Å². The van der Waals surface area contributed by atoms with Gasteiger partial charge >= 0.3 is 0 Å². The molecule has 21 heavy (non-hydrogen) atoms. The van der Waals surface area contributed by atoms with Crippen molar-refractivity contribution in [3.05, 3.63) is 41.7 Å². The Labute approximate surface area is 124 Å². The Kier molecular flexibility index (Phi) is 5.59. The molecule has 0 saturated heterocycles. The minimum absolute atomic E-state index is 0.0563. The molecule has 0 spiro atoms. The number of nitrogens with zero attached hydrogens (tertiary/aromatic N) is 2. The summed E-state index contributed by atoms with van der Waals surface area (Å²) in [5.41, 5.74) is 2.71. The molecule has 0 saturated carbocycles. The van der Waals surface area contributed by atoms with E-state index in [9.17, 15) is 5.11 Å². The van der Waals surface area contributed by atoms with E-state index < -0.39 is 0 Å². The Balaban J connectivity index is 1.98. The van der Waals surface area contributed by atoms with Crippen LogP contribution in [0.3, 0.4) is 0 Å². The lowest BCUT2D eigenvalue weighted by molar-refractivity contribution is 0.267. The summed E-state index contributed by atoms with van der Waals surface area (Å²) in [7, 11) is 0. The first-order chi connectivity index (χ1) is 10.3. The number of aliphatic hydroxyl groups is 2. The molecule has 0 atom stereocenters. The van der Waals surface area contributed by atoms with Gasteiger partial charge < -0.3 is 20.3 Å². The molecule has 0 aliphatic rings. The van der Waals surface area contributed by atoms with Gasteiger partial charge in [-0.3, -0.25) is 4.68 Å². The number of hydrogen-bond acceptors (Lipinski definition) is 5. The normalized spacial score (nSPS) is 10.6. The predicted octanol–water partition coefficient (Wildman–Crippen LogP) is 1.38. The zero-order chi connectivity index (χ0) is 15.1. The minimum Gasteiger partial charge on any atom is -0.494 e. The molecule has 6 heteroatoms. The average molecular weight is 291 g/mol. The molecule has 0 aliphatic carbocycles. The second kappa shape index (κ2) is 7.66. The van der Waals surface area contributed by atoms with Crippen molar-refractivity contribution in [2.75, 3.05) is 18.5 Å². The van der Waals surface area contributed by atoms with Crippen LogP contribution < -0.4 is 10.1 Å². The summed E-state index contributed by atoms with van der Waals surface area (Å²) < 4.78 is 7.15. The Morgan fingerprint density at radius 3 is 2.90 bits per heavy atom. The Bertz CT molecular complexity index is 569. The molecule has 0 aliphatic heterocycles. The van der Waals surface area contributed by atoms with Gasteiger partial charge in [0, 0.05) is 29.6 Å². The van der Waals surface area contributed by atoms with Crippen molar-refractivity contribution in [2.45, 2.75) is 26.6 Å². The van der Waals surface area contributed by atoms with E-state index in [0.717, 1.165) is 16.8 Å². The lowest BCUT2D eigenvalue weighted by Gasteiger charge is -2.11. The SMILES string of the molecule is CCOc1ccc(NCc2cnn(CCO)c2)cc1CO. The van der Waals surface area contributed by atoms with Crippen LogP contribution >= 0.6 is 0 Å². The van der Waals surface area contributed by atoms with Gasteiger partial charge in [-0.05, 0) is 25.1 Å². The topological polar surface area (TPSA) is 79.5 Å². The molecule has 0 bridgehead atoms. The third-order valence-corrected chi connectivity index (χ3v) is 3.04. The van der Waals surface area contributed by atoms with Crippen molar-refractivity contribution in [1.82, 2.24) is 9.78 Å². The van der Waals surface area contributed by atoms with Gasteiger partial charge in [0.15, 0.2) is 0 Å². The molecular formula is C15H21N3O3. The Morgan fingerprint density at radius 2 is 2.19 bits per heavy atom. The molecule has 1 aromatic carbocycles. The van der Waals surface area contributed by atoms with E-state index in [1.807, 2.05) is 31.3 Å². The molecule has 0 unspecified atom stereocenters. The molecule has 2 aromatic rings. The summed E-state index contributed by atoms with van der Waals surface area (Å²) >= 11 is 0. The van der Waals surface area contributed by atoms with Gasteiger partial charge in [0.25, 0.3) is 0 Å². The number of anilines is 1. The third kappa shape index (κ3) is 4.21. The summed E-state index contributed by atoms with van der Waals surface area (Å²) in [6, 6.07) is 5.65. The van der Waals surface area contributed by atoms with Gasteiger partial charge in [-0.1, -0.05) is 0 Å². The van der Waals surface area contributed by atoms with Gasteiger partial charge in [-0.15, -0.1) is 0 Å². The fourth-order valence-corrected chi connectivity index (χ4v) is 2.04. The number of aromatic nitrogens is 2. The number of hydrogen-bond donors (Lipinski definition) is 3. The van der Waals surface area contributed by atoms with Crippen LogP contribution in [0.5, 0.6) is 5.75 Å². The van der Waals surface area contributed by atoms with Crippen molar-refractivity contribution in [1.29, 1.82) is 0 Å². The van der Waals surface area contributed by atoms with Crippen LogP contribution in [-0.2, 0) is 19.7 Å². The van der Waals surface area contributed by atoms with E-state index in [2.05, 4.69) is 10.4 Å². The van der Waals surface area contributed by atoms with Crippen LogP contribution in [-0.4, -0.2) is 33.2 Å².